The Hall–Kier alpha value is -3.12. The highest BCUT2D eigenvalue weighted by Gasteiger charge is 2.21. The number of rotatable bonds is 6. The van der Waals surface area contributed by atoms with Crippen LogP contribution in [-0.2, 0) is 20.9 Å². The van der Waals surface area contributed by atoms with Gasteiger partial charge in [0.1, 0.15) is 12.3 Å². The van der Waals surface area contributed by atoms with Gasteiger partial charge in [-0.3, -0.25) is 4.79 Å². The molecule has 0 amide bonds. The van der Waals surface area contributed by atoms with Crippen LogP contribution >= 0.6 is 11.6 Å². The lowest BCUT2D eigenvalue weighted by Crippen LogP contribution is -2.20. The lowest BCUT2D eigenvalue weighted by atomic mass is 10.0. The number of carbonyl (C=O) groups excluding carboxylic acids is 2. The maximum atomic E-state index is 12.1. The minimum absolute atomic E-state index is 0.0544. The number of nitrogens with zero attached hydrogens (tertiary/aromatic N) is 2. The average Bonchev–Trinajstić information content (AvgIpc) is 2.97. The largest absolute Gasteiger partial charge is 0.464 e. The van der Waals surface area contributed by atoms with E-state index >= 15 is 0 Å². The van der Waals surface area contributed by atoms with E-state index in [2.05, 4.69) is 5.16 Å². The summed E-state index contributed by atoms with van der Waals surface area (Å²) in [7, 11) is 2.64. The first-order chi connectivity index (χ1) is 13.1. The lowest BCUT2D eigenvalue weighted by Gasteiger charge is -2.13. The van der Waals surface area contributed by atoms with E-state index in [1.807, 2.05) is 41.0 Å². The molecule has 6 nitrogen and oxygen atoms in total. The van der Waals surface area contributed by atoms with Gasteiger partial charge in [-0.15, -0.1) is 0 Å². The fraction of sp³-hybridized carbons (Fsp3) is 0.150. The van der Waals surface area contributed by atoms with Crippen LogP contribution in [0.25, 0.3) is 10.9 Å². The van der Waals surface area contributed by atoms with Gasteiger partial charge < -0.3 is 14.1 Å². The number of para-hydroxylation sites is 1. The second-order valence-electron chi connectivity index (χ2n) is 5.70. The molecule has 0 radical (unpaired) electrons. The number of fused-ring (bicyclic) bond motifs is 1. The fourth-order valence-electron chi connectivity index (χ4n) is 3.01. The average molecular weight is 385 g/mol. The Kier molecular flexibility index (Phi) is 5.57. The molecule has 0 N–H and O–H groups in total. The van der Waals surface area contributed by atoms with Gasteiger partial charge in [-0.05, 0) is 11.6 Å². The van der Waals surface area contributed by atoms with E-state index in [0.717, 1.165) is 22.8 Å². The Balaban J connectivity index is 2.15. The van der Waals surface area contributed by atoms with Crippen LogP contribution in [0.3, 0.4) is 0 Å². The van der Waals surface area contributed by atoms with Gasteiger partial charge in [-0.2, -0.15) is 0 Å². The SMILES string of the molecule is CO/N=C(/C(=O)OC)c1ccccc1Cn1c(Cl)c(C=O)c2ccccc21. The number of ether oxygens (including phenoxy) is 1. The molecule has 0 spiro atoms. The molecule has 0 bridgehead atoms. The van der Waals surface area contributed by atoms with E-state index in [9.17, 15) is 9.59 Å². The first-order valence-corrected chi connectivity index (χ1v) is 8.49. The summed E-state index contributed by atoms with van der Waals surface area (Å²) in [5.74, 6) is -0.610. The molecule has 2 aromatic carbocycles. The number of methoxy groups -OCH3 is 1. The number of oxime groups is 1. The van der Waals surface area contributed by atoms with Crippen molar-refractivity contribution >= 4 is 40.5 Å². The second-order valence-corrected chi connectivity index (χ2v) is 6.05. The van der Waals surface area contributed by atoms with Gasteiger partial charge in [0.2, 0.25) is 0 Å². The number of aromatic nitrogens is 1. The van der Waals surface area contributed by atoms with Crippen molar-refractivity contribution in [2.75, 3.05) is 14.2 Å². The number of halogens is 1. The first-order valence-electron chi connectivity index (χ1n) is 8.12. The Bertz CT molecular complexity index is 1040. The van der Waals surface area contributed by atoms with Crippen molar-refractivity contribution in [2.45, 2.75) is 6.54 Å². The van der Waals surface area contributed by atoms with E-state index in [1.54, 1.807) is 12.1 Å². The fourth-order valence-corrected chi connectivity index (χ4v) is 3.31. The molecule has 0 atom stereocenters. The summed E-state index contributed by atoms with van der Waals surface area (Å²) in [6.07, 6.45) is 0.749. The van der Waals surface area contributed by atoms with Crippen LogP contribution in [0.15, 0.2) is 53.7 Å². The zero-order valence-corrected chi connectivity index (χ0v) is 15.6. The number of hydrogen-bond donors (Lipinski definition) is 0. The van der Waals surface area contributed by atoms with Gasteiger partial charge in [0, 0.05) is 17.5 Å². The van der Waals surface area contributed by atoms with Crippen molar-refractivity contribution in [1.82, 2.24) is 4.57 Å². The standard InChI is InChI=1S/C20H17ClN2O4/c1-26-20(25)18(22-27-2)14-8-4-3-7-13(14)11-23-17-10-6-5-9-15(17)16(12-24)19(23)21/h3-10,12H,11H2,1-2H3/b22-18+. The number of benzene rings is 2. The normalized spacial score (nSPS) is 11.4. The highest BCUT2D eigenvalue weighted by Crippen LogP contribution is 2.30. The predicted octanol–water partition coefficient (Wildman–Crippen LogP) is 3.68. The molecule has 0 fully saturated rings. The van der Waals surface area contributed by atoms with E-state index < -0.39 is 5.97 Å². The summed E-state index contributed by atoms with van der Waals surface area (Å²) in [6.45, 7) is 0.336. The molecule has 1 aromatic heterocycles. The second kappa shape index (κ2) is 8.05. The molecule has 0 saturated heterocycles. The van der Waals surface area contributed by atoms with Gasteiger partial charge in [0.15, 0.2) is 12.0 Å². The minimum atomic E-state index is -0.610. The third kappa shape index (κ3) is 3.44. The van der Waals surface area contributed by atoms with Crippen LogP contribution in [-0.4, -0.2) is 36.8 Å². The minimum Gasteiger partial charge on any atom is -0.464 e. The first kappa shape index (κ1) is 18.7. The summed E-state index contributed by atoms with van der Waals surface area (Å²) < 4.78 is 6.63. The Labute approximate surface area is 160 Å². The van der Waals surface area contributed by atoms with Crippen LogP contribution in [0.4, 0.5) is 0 Å². The summed E-state index contributed by atoms with van der Waals surface area (Å²) in [4.78, 5) is 28.4. The maximum Gasteiger partial charge on any atom is 0.360 e. The van der Waals surface area contributed by atoms with Crippen LogP contribution < -0.4 is 0 Å². The van der Waals surface area contributed by atoms with Crippen LogP contribution in [0.2, 0.25) is 5.15 Å². The van der Waals surface area contributed by atoms with Gasteiger partial charge >= 0.3 is 5.97 Å². The summed E-state index contributed by atoms with van der Waals surface area (Å²) in [5.41, 5.74) is 2.65. The molecule has 138 valence electrons. The smallest absolute Gasteiger partial charge is 0.360 e. The highest BCUT2D eigenvalue weighted by molar-refractivity contribution is 6.43. The Morgan fingerprint density at radius 3 is 2.56 bits per heavy atom. The summed E-state index contributed by atoms with van der Waals surface area (Å²) in [6, 6.07) is 14.7. The number of hydrogen-bond acceptors (Lipinski definition) is 5. The third-order valence-electron chi connectivity index (χ3n) is 4.22. The number of esters is 1. The molecule has 0 aliphatic rings. The van der Waals surface area contributed by atoms with E-state index in [4.69, 9.17) is 21.2 Å². The molecular weight excluding hydrogens is 368 g/mol. The number of carbonyl (C=O) groups is 2. The van der Waals surface area contributed by atoms with Crippen molar-refractivity contribution in [3.05, 3.63) is 70.4 Å². The Morgan fingerprint density at radius 1 is 1.15 bits per heavy atom. The molecule has 1 heterocycles. The van der Waals surface area contributed by atoms with Gasteiger partial charge in [0.05, 0.1) is 18.2 Å². The monoisotopic (exact) mass is 384 g/mol. The molecule has 7 heteroatoms. The van der Waals surface area contributed by atoms with Crippen LogP contribution in [0.1, 0.15) is 21.5 Å². The van der Waals surface area contributed by atoms with Gasteiger partial charge in [-0.1, -0.05) is 59.2 Å². The molecule has 0 aliphatic heterocycles. The summed E-state index contributed by atoms with van der Waals surface area (Å²) in [5, 5.41) is 4.93. The zero-order chi connectivity index (χ0) is 19.4. The van der Waals surface area contributed by atoms with Gasteiger partial charge in [0.25, 0.3) is 0 Å². The topological polar surface area (TPSA) is 69.9 Å². The van der Waals surface area contributed by atoms with Crippen molar-refractivity contribution in [3.63, 3.8) is 0 Å². The molecule has 3 rings (SSSR count). The van der Waals surface area contributed by atoms with Crippen molar-refractivity contribution < 1.29 is 19.2 Å². The van der Waals surface area contributed by atoms with Crippen molar-refractivity contribution in [1.29, 1.82) is 0 Å². The third-order valence-corrected chi connectivity index (χ3v) is 4.63. The zero-order valence-electron chi connectivity index (χ0n) is 14.8. The van der Waals surface area contributed by atoms with Gasteiger partial charge in [-0.25, -0.2) is 4.79 Å². The Morgan fingerprint density at radius 2 is 1.85 bits per heavy atom. The highest BCUT2D eigenvalue weighted by atomic mass is 35.5. The van der Waals surface area contributed by atoms with E-state index in [0.29, 0.717) is 22.8 Å². The van der Waals surface area contributed by atoms with Crippen LogP contribution in [0, 0.1) is 0 Å². The summed E-state index contributed by atoms with van der Waals surface area (Å²) >= 11 is 6.47. The van der Waals surface area contributed by atoms with Crippen LogP contribution in [0.5, 0.6) is 0 Å². The molecule has 0 aliphatic carbocycles. The molecule has 27 heavy (non-hydrogen) atoms. The molecule has 0 saturated carbocycles. The van der Waals surface area contributed by atoms with Crippen molar-refractivity contribution in [3.8, 4) is 0 Å². The van der Waals surface area contributed by atoms with E-state index in [1.165, 1.54) is 14.2 Å². The molecular formula is C20H17ClN2O4. The number of aldehydes is 1. The predicted molar refractivity (Wildman–Crippen MR) is 103 cm³/mol. The maximum absolute atomic E-state index is 12.1. The molecule has 0 unspecified atom stereocenters. The van der Waals surface area contributed by atoms with Crippen molar-refractivity contribution in [2.24, 2.45) is 5.16 Å². The molecule has 3 aromatic rings. The lowest BCUT2D eigenvalue weighted by molar-refractivity contribution is -0.132. The van der Waals surface area contributed by atoms with E-state index in [-0.39, 0.29) is 5.71 Å². The quantitative estimate of drug-likeness (QED) is 0.281.